The SMILES string of the molecule is C[C@@H](c1ccc([N+](=O)[O-])c(F)c1)C(N)C(=O)O. The van der Waals surface area contributed by atoms with Gasteiger partial charge in [0.25, 0.3) is 0 Å². The molecule has 3 N–H and O–H groups in total. The summed E-state index contributed by atoms with van der Waals surface area (Å²) in [5.74, 6) is -2.85. The Hall–Kier alpha value is -2.02. The number of hydrogen-bond donors (Lipinski definition) is 2. The van der Waals surface area contributed by atoms with Crippen molar-refractivity contribution in [3.63, 3.8) is 0 Å². The largest absolute Gasteiger partial charge is 0.480 e. The van der Waals surface area contributed by atoms with Crippen molar-refractivity contribution in [2.24, 2.45) is 5.73 Å². The van der Waals surface area contributed by atoms with E-state index in [-0.39, 0.29) is 0 Å². The molecule has 1 unspecified atom stereocenters. The van der Waals surface area contributed by atoms with Crippen LogP contribution in [0, 0.1) is 15.9 Å². The molecular formula is C10H11FN2O4. The molecule has 0 amide bonds. The van der Waals surface area contributed by atoms with Crippen molar-refractivity contribution >= 4 is 11.7 Å². The van der Waals surface area contributed by atoms with Crippen LogP contribution in [0.4, 0.5) is 10.1 Å². The number of nitrogens with two attached hydrogens (primary N) is 1. The Balaban J connectivity index is 3.05. The maximum Gasteiger partial charge on any atom is 0.321 e. The van der Waals surface area contributed by atoms with Crippen molar-refractivity contribution in [1.29, 1.82) is 0 Å². The lowest BCUT2D eigenvalue weighted by Gasteiger charge is -2.16. The van der Waals surface area contributed by atoms with E-state index in [0.717, 1.165) is 12.1 Å². The van der Waals surface area contributed by atoms with Gasteiger partial charge in [0, 0.05) is 12.0 Å². The van der Waals surface area contributed by atoms with Crippen molar-refractivity contribution in [2.75, 3.05) is 0 Å². The maximum atomic E-state index is 13.3. The molecule has 0 bridgehead atoms. The average molecular weight is 242 g/mol. The van der Waals surface area contributed by atoms with Gasteiger partial charge in [-0.3, -0.25) is 14.9 Å². The number of nitro benzene ring substituents is 1. The van der Waals surface area contributed by atoms with E-state index in [2.05, 4.69) is 0 Å². The van der Waals surface area contributed by atoms with Crippen LogP contribution < -0.4 is 5.73 Å². The van der Waals surface area contributed by atoms with Gasteiger partial charge >= 0.3 is 11.7 Å². The average Bonchev–Trinajstić information content (AvgIpc) is 2.26. The van der Waals surface area contributed by atoms with E-state index in [0.29, 0.717) is 5.56 Å². The molecule has 0 saturated carbocycles. The van der Waals surface area contributed by atoms with E-state index in [9.17, 15) is 19.3 Å². The van der Waals surface area contributed by atoms with Crippen LogP contribution in [0.25, 0.3) is 0 Å². The van der Waals surface area contributed by atoms with Crippen molar-refractivity contribution < 1.29 is 19.2 Å². The highest BCUT2D eigenvalue weighted by molar-refractivity contribution is 5.74. The number of carbonyl (C=O) groups is 1. The van der Waals surface area contributed by atoms with Crippen LogP contribution in [-0.4, -0.2) is 22.0 Å². The fourth-order valence-electron chi connectivity index (χ4n) is 1.38. The number of nitro groups is 1. The van der Waals surface area contributed by atoms with Crippen LogP contribution >= 0.6 is 0 Å². The molecule has 2 atom stereocenters. The highest BCUT2D eigenvalue weighted by Crippen LogP contribution is 2.24. The molecule has 0 aliphatic rings. The van der Waals surface area contributed by atoms with Crippen LogP contribution in [0.3, 0.4) is 0 Å². The summed E-state index contributed by atoms with van der Waals surface area (Å²) in [4.78, 5) is 20.2. The van der Waals surface area contributed by atoms with Crippen molar-refractivity contribution in [3.8, 4) is 0 Å². The number of hydrogen-bond acceptors (Lipinski definition) is 4. The summed E-state index contributed by atoms with van der Waals surface area (Å²) in [6.07, 6.45) is 0. The van der Waals surface area contributed by atoms with Gasteiger partial charge in [0.15, 0.2) is 0 Å². The van der Waals surface area contributed by atoms with E-state index in [1.54, 1.807) is 0 Å². The molecule has 92 valence electrons. The number of carboxylic acids is 1. The maximum absolute atomic E-state index is 13.3. The zero-order chi connectivity index (χ0) is 13.2. The Labute approximate surface area is 96.0 Å². The van der Waals surface area contributed by atoms with E-state index >= 15 is 0 Å². The summed E-state index contributed by atoms with van der Waals surface area (Å²) < 4.78 is 13.3. The van der Waals surface area contributed by atoms with Crippen LogP contribution in [0.1, 0.15) is 18.4 Å². The van der Waals surface area contributed by atoms with Crippen LogP contribution in [0.15, 0.2) is 18.2 Å². The van der Waals surface area contributed by atoms with Crippen molar-refractivity contribution in [2.45, 2.75) is 18.9 Å². The predicted molar refractivity (Wildman–Crippen MR) is 57.1 cm³/mol. The summed E-state index contributed by atoms with van der Waals surface area (Å²) in [7, 11) is 0. The van der Waals surface area contributed by atoms with Gasteiger partial charge in [-0.05, 0) is 11.6 Å². The number of aliphatic carboxylic acids is 1. The quantitative estimate of drug-likeness (QED) is 0.610. The molecule has 0 spiro atoms. The van der Waals surface area contributed by atoms with Crippen molar-refractivity contribution in [3.05, 3.63) is 39.7 Å². The number of benzene rings is 1. The molecular weight excluding hydrogens is 231 g/mol. The van der Waals surface area contributed by atoms with Gasteiger partial charge in [0.2, 0.25) is 5.82 Å². The fourth-order valence-corrected chi connectivity index (χ4v) is 1.38. The lowest BCUT2D eigenvalue weighted by atomic mass is 9.93. The molecule has 0 aliphatic heterocycles. The molecule has 17 heavy (non-hydrogen) atoms. The number of carboxylic acid groups (broad SMARTS) is 1. The molecule has 1 aromatic carbocycles. The summed E-state index contributed by atoms with van der Waals surface area (Å²) in [6.45, 7) is 1.51. The van der Waals surface area contributed by atoms with E-state index < -0.39 is 34.4 Å². The highest BCUT2D eigenvalue weighted by Gasteiger charge is 2.23. The third-order valence-electron chi connectivity index (χ3n) is 2.52. The predicted octanol–water partition coefficient (Wildman–Crippen LogP) is 1.25. The van der Waals surface area contributed by atoms with Crippen LogP contribution in [0.5, 0.6) is 0 Å². The third-order valence-corrected chi connectivity index (χ3v) is 2.52. The van der Waals surface area contributed by atoms with Gasteiger partial charge in [-0.25, -0.2) is 0 Å². The first-order valence-electron chi connectivity index (χ1n) is 4.76. The lowest BCUT2D eigenvalue weighted by molar-refractivity contribution is -0.387. The highest BCUT2D eigenvalue weighted by atomic mass is 19.1. The molecule has 6 nitrogen and oxygen atoms in total. The molecule has 7 heteroatoms. The zero-order valence-electron chi connectivity index (χ0n) is 8.96. The smallest absolute Gasteiger partial charge is 0.321 e. The van der Waals surface area contributed by atoms with E-state index in [4.69, 9.17) is 10.8 Å². The summed E-state index contributed by atoms with van der Waals surface area (Å²) >= 11 is 0. The molecule has 0 aliphatic carbocycles. The van der Waals surface area contributed by atoms with Gasteiger partial charge in [-0.2, -0.15) is 4.39 Å². The number of nitrogens with zero attached hydrogens (tertiary/aromatic N) is 1. The molecule has 0 fully saturated rings. The Morgan fingerprint density at radius 1 is 1.59 bits per heavy atom. The molecule has 0 heterocycles. The molecule has 1 rings (SSSR count). The first-order valence-corrected chi connectivity index (χ1v) is 4.76. The standard InChI is InChI=1S/C10H11FN2O4/c1-5(9(12)10(14)15)6-2-3-8(13(16)17)7(11)4-6/h2-5,9H,12H2,1H3,(H,14,15)/t5-,9?/m0/s1. The van der Waals surface area contributed by atoms with Crippen LogP contribution in [-0.2, 0) is 4.79 Å². The summed E-state index contributed by atoms with van der Waals surface area (Å²) in [5, 5.41) is 19.1. The minimum Gasteiger partial charge on any atom is -0.480 e. The second kappa shape index (κ2) is 4.88. The Morgan fingerprint density at radius 2 is 2.18 bits per heavy atom. The van der Waals surface area contributed by atoms with Crippen molar-refractivity contribution in [1.82, 2.24) is 0 Å². The zero-order valence-corrected chi connectivity index (χ0v) is 8.96. The Bertz CT molecular complexity index is 464. The van der Waals surface area contributed by atoms with E-state index in [1.165, 1.54) is 13.0 Å². The molecule has 0 saturated heterocycles. The normalized spacial score (nSPS) is 14.1. The first kappa shape index (κ1) is 13.0. The Kier molecular flexibility index (Phi) is 3.74. The second-order valence-electron chi connectivity index (χ2n) is 3.62. The molecule has 1 aromatic rings. The van der Waals surface area contributed by atoms with Gasteiger partial charge in [-0.15, -0.1) is 0 Å². The Morgan fingerprint density at radius 3 is 2.59 bits per heavy atom. The fraction of sp³-hybridized carbons (Fsp3) is 0.300. The summed E-state index contributed by atoms with van der Waals surface area (Å²) in [6, 6.07) is 2.05. The minimum atomic E-state index is -1.21. The molecule has 0 aromatic heterocycles. The second-order valence-corrected chi connectivity index (χ2v) is 3.62. The molecule has 0 radical (unpaired) electrons. The minimum absolute atomic E-state index is 0.308. The van der Waals surface area contributed by atoms with Crippen LogP contribution in [0.2, 0.25) is 0 Å². The van der Waals surface area contributed by atoms with Gasteiger partial charge in [0.05, 0.1) is 4.92 Å². The number of rotatable bonds is 4. The lowest BCUT2D eigenvalue weighted by Crippen LogP contribution is -2.35. The topological polar surface area (TPSA) is 106 Å². The van der Waals surface area contributed by atoms with Gasteiger partial charge in [-0.1, -0.05) is 13.0 Å². The first-order chi connectivity index (χ1) is 7.84. The van der Waals surface area contributed by atoms with E-state index in [1.807, 2.05) is 0 Å². The number of halogens is 1. The monoisotopic (exact) mass is 242 g/mol. The summed E-state index contributed by atoms with van der Waals surface area (Å²) in [5.41, 5.74) is 5.04. The van der Waals surface area contributed by atoms with Gasteiger partial charge in [0.1, 0.15) is 6.04 Å². The van der Waals surface area contributed by atoms with Gasteiger partial charge < -0.3 is 10.8 Å². The third kappa shape index (κ3) is 2.76.